The van der Waals surface area contributed by atoms with E-state index in [2.05, 4.69) is 0 Å². The van der Waals surface area contributed by atoms with Gasteiger partial charge < -0.3 is 14.8 Å². The van der Waals surface area contributed by atoms with Crippen LogP contribution in [0.5, 0.6) is 11.5 Å². The van der Waals surface area contributed by atoms with Crippen LogP contribution in [0.15, 0.2) is 36.4 Å². The Morgan fingerprint density at radius 2 is 1.69 bits per heavy atom. The van der Waals surface area contributed by atoms with Crippen LogP contribution in [-0.2, 0) is 7.05 Å². The molecule has 2 aromatic carbocycles. The minimum atomic E-state index is -0.0848. The zero-order chi connectivity index (χ0) is 11.3. The first-order valence-corrected chi connectivity index (χ1v) is 5.08. The van der Waals surface area contributed by atoms with Gasteiger partial charge in [-0.05, 0) is 18.2 Å². The molecule has 0 aliphatic carbocycles. The Morgan fingerprint density at radius 1 is 0.938 bits per heavy atom. The first-order chi connectivity index (χ1) is 7.70. The van der Waals surface area contributed by atoms with E-state index in [1.807, 2.05) is 41.9 Å². The Balaban J connectivity index is 2.67. The zero-order valence-electron chi connectivity index (χ0n) is 8.81. The average Bonchev–Trinajstić information content (AvgIpc) is 2.59. The summed E-state index contributed by atoms with van der Waals surface area (Å²) in [6, 6.07) is 11.3. The Bertz CT molecular complexity index is 698. The molecule has 0 unspecified atom stereocenters. The third-order valence-electron chi connectivity index (χ3n) is 3.02. The number of rotatable bonds is 0. The van der Waals surface area contributed by atoms with Crippen molar-refractivity contribution in [2.45, 2.75) is 0 Å². The number of phenolic OH excluding ortho intramolecular Hbond substituents is 2. The molecule has 0 aliphatic heterocycles. The minimum Gasteiger partial charge on any atom is -0.504 e. The van der Waals surface area contributed by atoms with Gasteiger partial charge in [0.05, 0.1) is 5.52 Å². The molecule has 0 saturated heterocycles. The third-order valence-corrected chi connectivity index (χ3v) is 3.02. The van der Waals surface area contributed by atoms with E-state index in [1.54, 1.807) is 0 Å². The lowest BCUT2D eigenvalue weighted by Crippen LogP contribution is -1.86. The second-order valence-electron chi connectivity index (χ2n) is 3.91. The fraction of sp³-hybridized carbons (Fsp3) is 0.0769. The highest BCUT2D eigenvalue weighted by Gasteiger charge is 2.13. The molecule has 80 valence electrons. The maximum atomic E-state index is 9.87. The van der Waals surface area contributed by atoms with Gasteiger partial charge in [-0.25, -0.2) is 0 Å². The second-order valence-corrected chi connectivity index (χ2v) is 3.91. The first kappa shape index (κ1) is 9.09. The molecular weight excluding hydrogens is 202 g/mol. The van der Waals surface area contributed by atoms with E-state index in [-0.39, 0.29) is 11.5 Å². The topological polar surface area (TPSA) is 45.4 Å². The highest BCUT2D eigenvalue weighted by atomic mass is 16.3. The van der Waals surface area contributed by atoms with Gasteiger partial charge in [-0.3, -0.25) is 0 Å². The molecule has 1 aromatic heterocycles. The molecule has 0 bridgehead atoms. The molecule has 0 fully saturated rings. The van der Waals surface area contributed by atoms with Gasteiger partial charge in [0.2, 0.25) is 0 Å². The molecule has 0 saturated carbocycles. The molecule has 3 aromatic rings. The highest BCUT2D eigenvalue weighted by molar-refractivity contribution is 6.10. The number of hydrogen-bond donors (Lipinski definition) is 2. The van der Waals surface area contributed by atoms with E-state index in [9.17, 15) is 10.2 Å². The van der Waals surface area contributed by atoms with Crippen LogP contribution in [0.3, 0.4) is 0 Å². The lowest BCUT2D eigenvalue weighted by Gasteiger charge is -2.01. The minimum absolute atomic E-state index is 0.0591. The number of aryl methyl sites for hydroxylation is 1. The SMILES string of the molecule is Cn1c2ccccc2c2ccc(O)c(O)c21. The summed E-state index contributed by atoms with van der Waals surface area (Å²) in [6.45, 7) is 0. The molecule has 0 spiro atoms. The van der Waals surface area contributed by atoms with Crippen LogP contribution in [0, 0.1) is 0 Å². The van der Waals surface area contributed by atoms with Crippen LogP contribution in [0.25, 0.3) is 21.8 Å². The van der Waals surface area contributed by atoms with Crippen LogP contribution in [-0.4, -0.2) is 14.8 Å². The molecular formula is C13H11NO2. The summed E-state index contributed by atoms with van der Waals surface area (Å²) in [5.41, 5.74) is 1.71. The van der Waals surface area contributed by atoms with Crippen molar-refractivity contribution in [3.63, 3.8) is 0 Å². The molecule has 1 heterocycles. The van der Waals surface area contributed by atoms with Crippen LogP contribution >= 0.6 is 0 Å². The van der Waals surface area contributed by atoms with Gasteiger partial charge in [0.15, 0.2) is 11.5 Å². The molecule has 16 heavy (non-hydrogen) atoms. The summed E-state index contributed by atoms with van der Waals surface area (Å²) in [5.74, 6) is -0.144. The third kappa shape index (κ3) is 0.972. The predicted molar refractivity (Wildman–Crippen MR) is 63.8 cm³/mol. The van der Waals surface area contributed by atoms with Crippen molar-refractivity contribution < 1.29 is 10.2 Å². The number of aromatic nitrogens is 1. The molecule has 3 nitrogen and oxygen atoms in total. The molecule has 3 rings (SSSR count). The Hall–Kier alpha value is -2.16. The Labute approximate surface area is 92.2 Å². The van der Waals surface area contributed by atoms with E-state index in [1.165, 1.54) is 6.07 Å². The van der Waals surface area contributed by atoms with Crippen molar-refractivity contribution in [1.82, 2.24) is 4.57 Å². The van der Waals surface area contributed by atoms with Crippen molar-refractivity contribution in [3.8, 4) is 11.5 Å². The van der Waals surface area contributed by atoms with Gasteiger partial charge >= 0.3 is 0 Å². The maximum absolute atomic E-state index is 9.87. The van der Waals surface area contributed by atoms with Gasteiger partial charge in [-0.15, -0.1) is 0 Å². The highest BCUT2D eigenvalue weighted by Crippen LogP contribution is 2.38. The predicted octanol–water partition coefficient (Wildman–Crippen LogP) is 2.74. The summed E-state index contributed by atoms with van der Waals surface area (Å²) in [4.78, 5) is 0. The van der Waals surface area contributed by atoms with E-state index in [0.29, 0.717) is 5.52 Å². The second kappa shape index (κ2) is 2.92. The zero-order valence-corrected chi connectivity index (χ0v) is 8.81. The number of aromatic hydroxyl groups is 2. The molecule has 2 N–H and O–H groups in total. The summed E-state index contributed by atoms with van der Waals surface area (Å²) in [6.07, 6.45) is 0. The van der Waals surface area contributed by atoms with Gasteiger partial charge in [-0.1, -0.05) is 18.2 Å². The number of fused-ring (bicyclic) bond motifs is 3. The maximum Gasteiger partial charge on any atom is 0.182 e. The summed E-state index contributed by atoms with van der Waals surface area (Å²) >= 11 is 0. The number of phenols is 2. The quantitative estimate of drug-likeness (QED) is 0.564. The standard InChI is InChI=1S/C13H11NO2/c1-14-10-5-3-2-4-8(10)9-6-7-11(15)13(16)12(9)14/h2-7,15-16H,1H3. The fourth-order valence-electron chi connectivity index (χ4n) is 2.24. The van der Waals surface area contributed by atoms with Crippen molar-refractivity contribution >= 4 is 21.8 Å². The van der Waals surface area contributed by atoms with E-state index >= 15 is 0 Å². The van der Waals surface area contributed by atoms with Gasteiger partial charge in [0.25, 0.3) is 0 Å². The van der Waals surface area contributed by atoms with Gasteiger partial charge in [0.1, 0.15) is 0 Å². The van der Waals surface area contributed by atoms with Crippen LogP contribution in [0.4, 0.5) is 0 Å². The lowest BCUT2D eigenvalue weighted by molar-refractivity contribution is 0.407. The molecule has 0 atom stereocenters. The fourth-order valence-corrected chi connectivity index (χ4v) is 2.24. The molecule has 3 heteroatoms. The molecule has 0 aliphatic rings. The van der Waals surface area contributed by atoms with E-state index < -0.39 is 0 Å². The summed E-state index contributed by atoms with van der Waals surface area (Å²) in [7, 11) is 1.88. The summed E-state index contributed by atoms with van der Waals surface area (Å²) < 4.78 is 1.89. The van der Waals surface area contributed by atoms with Crippen molar-refractivity contribution in [2.75, 3.05) is 0 Å². The van der Waals surface area contributed by atoms with Crippen molar-refractivity contribution in [2.24, 2.45) is 7.05 Å². The molecule has 0 amide bonds. The number of nitrogens with zero attached hydrogens (tertiary/aromatic N) is 1. The van der Waals surface area contributed by atoms with Crippen molar-refractivity contribution in [1.29, 1.82) is 0 Å². The van der Waals surface area contributed by atoms with Crippen LogP contribution in [0.2, 0.25) is 0 Å². The number of hydrogen-bond acceptors (Lipinski definition) is 2. The summed E-state index contributed by atoms with van der Waals surface area (Å²) in [5, 5.41) is 21.4. The van der Waals surface area contributed by atoms with E-state index in [0.717, 1.165) is 16.3 Å². The first-order valence-electron chi connectivity index (χ1n) is 5.08. The molecule has 0 radical (unpaired) electrons. The Kier molecular flexibility index (Phi) is 1.66. The van der Waals surface area contributed by atoms with Gasteiger partial charge in [0, 0.05) is 23.3 Å². The normalized spacial score (nSPS) is 11.3. The average molecular weight is 213 g/mol. The largest absolute Gasteiger partial charge is 0.504 e. The monoisotopic (exact) mass is 213 g/mol. The number of para-hydroxylation sites is 1. The van der Waals surface area contributed by atoms with Gasteiger partial charge in [-0.2, -0.15) is 0 Å². The van der Waals surface area contributed by atoms with Crippen LogP contribution in [0.1, 0.15) is 0 Å². The smallest absolute Gasteiger partial charge is 0.182 e. The van der Waals surface area contributed by atoms with E-state index in [4.69, 9.17) is 0 Å². The van der Waals surface area contributed by atoms with Crippen molar-refractivity contribution in [3.05, 3.63) is 36.4 Å². The number of benzene rings is 2. The van der Waals surface area contributed by atoms with Crippen LogP contribution < -0.4 is 0 Å². The Morgan fingerprint density at radius 3 is 2.50 bits per heavy atom. The lowest BCUT2D eigenvalue weighted by atomic mass is 10.1.